The van der Waals surface area contributed by atoms with E-state index in [1.165, 1.54) is 22.2 Å². The fourth-order valence-corrected chi connectivity index (χ4v) is 3.94. The number of nitrogens with zero attached hydrogens (tertiary/aromatic N) is 1. The Morgan fingerprint density at radius 2 is 1.85 bits per heavy atom. The lowest BCUT2D eigenvalue weighted by molar-refractivity contribution is 0.483. The van der Waals surface area contributed by atoms with E-state index >= 15 is 0 Å². The normalized spacial score (nSPS) is 11.4. The molecule has 0 aliphatic heterocycles. The third kappa shape index (κ3) is 3.77. The Kier molecular flexibility index (Phi) is 5.26. The second-order valence-corrected chi connectivity index (χ2v) is 7.43. The van der Waals surface area contributed by atoms with Crippen molar-refractivity contribution in [3.8, 4) is 0 Å². The van der Waals surface area contributed by atoms with Crippen molar-refractivity contribution in [3.05, 3.63) is 93.5 Å². The van der Waals surface area contributed by atoms with Crippen molar-refractivity contribution in [3.63, 3.8) is 0 Å². The average Bonchev–Trinajstić information content (AvgIpc) is 3.26. The van der Waals surface area contributed by atoms with E-state index in [1.54, 1.807) is 12.3 Å². The third-order valence-corrected chi connectivity index (χ3v) is 5.47. The quantitative estimate of drug-likeness (QED) is 0.419. The number of fused-ring (bicyclic) bond motifs is 1. The van der Waals surface area contributed by atoms with Crippen LogP contribution in [-0.4, -0.2) is 4.57 Å². The summed E-state index contributed by atoms with van der Waals surface area (Å²) in [7, 11) is 0. The summed E-state index contributed by atoms with van der Waals surface area (Å²) in [6.45, 7) is 4.34. The topological polar surface area (TPSA) is 30.1 Å². The van der Waals surface area contributed by atoms with Crippen molar-refractivity contribution in [2.75, 3.05) is 0 Å². The zero-order valence-electron chi connectivity index (χ0n) is 15.0. The van der Waals surface area contributed by atoms with Gasteiger partial charge in [0.05, 0.1) is 12.8 Å². The highest BCUT2D eigenvalue weighted by Crippen LogP contribution is 2.29. The molecule has 4 aromatic rings. The van der Waals surface area contributed by atoms with Gasteiger partial charge in [0.2, 0.25) is 0 Å². The van der Waals surface area contributed by atoms with Crippen molar-refractivity contribution < 1.29 is 4.42 Å². The minimum Gasteiger partial charge on any atom is -0.468 e. The van der Waals surface area contributed by atoms with Crippen molar-refractivity contribution in [1.82, 2.24) is 9.88 Å². The van der Waals surface area contributed by atoms with E-state index in [-0.39, 0.29) is 0 Å². The van der Waals surface area contributed by atoms with Crippen LogP contribution < -0.4 is 5.32 Å². The monoisotopic (exact) mass is 398 g/mol. The Balaban J connectivity index is 1.65. The zero-order chi connectivity index (χ0) is 18.8. The fourth-order valence-electron chi connectivity index (χ4n) is 3.47. The van der Waals surface area contributed by atoms with Crippen molar-refractivity contribution in [1.29, 1.82) is 0 Å². The predicted molar refractivity (Wildman–Crippen MR) is 111 cm³/mol. The number of aromatic nitrogens is 1. The molecule has 0 atom stereocenters. The van der Waals surface area contributed by atoms with E-state index in [9.17, 15) is 0 Å². The average molecular weight is 399 g/mol. The minimum atomic E-state index is 0.653. The van der Waals surface area contributed by atoms with Gasteiger partial charge in [0.25, 0.3) is 0 Å². The molecule has 0 amide bonds. The van der Waals surface area contributed by atoms with E-state index in [1.807, 2.05) is 24.3 Å². The fraction of sp³-hybridized carbons (Fsp3) is 0.182. The van der Waals surface area contributed by atoms with Crippen molar-refractivity contribution in [2.24, 2.45) is 0 Å². The molecule has 2 aromatic heterocycles. The van der Waals surface area contributed by atoms with E-state index in [4.69, 9.17) is 27.6 Å². The van der Waals surface area contributed by atoms with Crippen LogP contribution in [0.1, 0.15) is 22.6 Å². The van der Waals surface area contributed by atoms with E-state index in [2.05, 4.69) is 41.1 Å². The lowest BCUT2D eigenvalue weighted by atomic mass is 10.1. The van der Waals surface area contributed by atoms with Crippen LogP contribution in [0.5, 0.6) is 0 Å². The van der Waals surface area contributed by atoms with Gasteiger partial charge in [-0.2, -0.15) is 0 Å². The van der Waals surface area contributed by atoms with Crippen LogP contribution in [0.15, 0.2) is 65.3 Å². The molecular weight excluding hydrogens is 379 g/mol. The number of hydrogen-bond acceptors (Lipinski definition) is 2. The molecule has 0 radical (unpaired) electrons. The van der Waals surface area contributed by atoms with E-state index in [0.29, 0.717) is 23.1 Å². The van der Waals surface area contributed by atoms with Gasteiger partial charge in [-0.05, 0) is 48.4 Å². The van der Waals surface area contributed by atoms with Gasteiger partial charge in [-0.3, -0.25) is 0 Å². The van der Waals surface area contributed by atoms with Gasteiger partial charge in [-0.15, -0.1) is 0 Å². The molecule has 2 aromatic carbocycles. The van der Waals surface area contributed by atoms with Gasteiger partial charge >= 0.3 is 0 Å². The first kappa shape index (κ1) is 18.2. The van der Waals surface area contributed by atoms with Crippen LogP contribution in [-0.2, 0) is 19.6 Å². The summed E-state index contributed by atoms with van der Waals surface area (Å²) in [6, 6.07) is 18.0. The number of furan rings is 1. The summed E-state index contributed by atoms with van der Waals surface area (Å²) in [5.41, 5.74) is 4.78. The van der Waals surface area contributed by atoms with Crippen LogP contribution in [0, 0.1) is 6.92 Å². The van der Waals surface area contributed by atoms with Gasteiger partial charge in [0, 0.05) is 39.7 Å². The highest BCUT2D eigenvalue weighted by molar-refractivity contribution is 6.35. The Bertz CT molecular complexity index is 1070. The number of rotatable bonds is 6. The van der Waals surface area contributed by atoms with Crippen LogP contribution >= 0.6 is 23.2 Å². The lowest BCUT2D eigenvalue weighted by Crippen LogP contribution is -2.13. The smallest absolute Gasteiger partial charge is 0.117 e. The third-order valence-electron chi connectivity index (χ3n) is 4.89. The predicted octanol–water partition coefficient (Wildman–Crippen LogP) is 6.19. The van der Waals surface area contributed by atoms with Crippen molar-refractivity contribution in [2.45, 2.75) is 26.6 Å². The molecule has 138 valence electrons. The van der Waals surface area contributed by atoms with Gasteiger partial charge in [-0.25, -0.2) is 0 Å². The zero-order valence-corrected chi connectivity index (χ0v) is 16.5. The molecule has 0 fully saturated rings. The number of benzene rings is 2. The lowest BCUT2D eigenvalue weighted by Gasteiger charge is -2.11. The summed E-state index contributed by atoms with van der Waals surface area (Å²) < 4.78 is 7.72. The first-order valence-electron chi connectivity index (χ1n) is 8.87. The largest absolute Gasteiger partial charge is 0.468 e. The van der Waals surface area contributed by atoms with Gasteiger partial charge in [0.15, 0.2) is 0 Å². The number of halogens is 2. The van der Waals surface area contributed by atoms with E-state index in [0.717, 1.165) is 17.9 Å². The highest BCUT2D eigenvalue weighted by atomic mass is 35.5. The SMILES string of the molecule is Cc1c(CNCc2ccco2)c2ccccc2n1Cc1ccc(Cl)cc1Cl. The molecule has 0 unspecified atom stereocenters. The standard InChI is InChI=1S/C22H20Cl2N2O/c1-15-20(13-25-12-18-5-4-10-27-18)19-6-2-3-7-22(19)26(15)14-16-8-9-17(23)11-21(16)24/h2-11,25H,12-14H2,1H3. The van der Waals surface area contributed by atoms with Crippen LogP contribution in [0.25, 0.3) is 10.9 Å². The maximum Gasteiger partial charge on any atom is 0.117 e. The Morgan fingerprint density at radius 1 is 1.00 bits per heavy atom. The molecule has 0 spiro atoms. The van der Waals surface area contributed by atoms with Gasteiger partial charge in [-0.1, -0.05) is 47.5 Å². The maximum atomic E-state index is 6.41. The molecule has 0 aliphatic rings. The molecule has 2 heterocycles. The Hall–Kier alpha value is -2.20. The highest BCUT2D eigenvalue weighted by Gasteiger charge is 2.15. The number of nitrogens with one attached hydrogen (secondary N) is 1. The first-order valence-corrected chi connectivity index (χ1v) is 9.63. The maximum absolute atomic E-state index is 6.41. The summed E-state index contributed by atoms with van der Waals surface area (Å²) in [4.78, 5) is 0. The Morgan fingerprint density at radius 3 is 2.63 bits per heavy atom. The van der Waals surface area contributed by atoms with Crippen molar-refractivity contribution >= 4 is 34.1 Å². The summed E-state index contributed by atoms with van der Waals surface area (Å²) in [5, 5.41) is 6.08. The van der Waals surface area contributed by atoms with Crippen LogP contribution in [0.2, 0.25) is 10.0 Å². The molecule has 0 bridgehead atoms. The molecule has 27 heavy (non-hydrogen) atoms. The second kappa shape index (κ2) is 7.81. The van der Waals surface area contributed by atoms with Gasteiger partial charge in [0.1, 0.15) is 5.76 Å². The molecule has 3 nitrogen and oxygen atoms in total. The molecule has 0 aliphatic carbocycles. The molecular formula is C22H20Cl2N2O. The summed E-state index contributed by atoms with van der Waals surface area (Å²) >= 11 is 12.5. The molecule has 4 rings (SSSR count). The number of para-hydroxylation sites is 1. The first-order chi connectivity index (χ1) is 13.1. The number of hydrogen-bond donors (Lipinski definition) is 1. The summed E-state index contributed by atoms with van der Waals surface area (Å²) in [5.74, 6) is 0.935. The van der Waals surface area contributed by atoms with Crippen LogP contribution in [0.3, 0.4) is 0 Å². The molecule has 1 N–H and O–H groups in total. The van der Waals surface area contributed by atoms with Crippen LogP contribution in [0.4, 0.5) is 0 Å². The molecule has 5 heteroatoms. The van der Waals surface area contributed by atoms with Gasteiger partial charge < -0.3 is 14.3 Å². The molecule has 0 saturated heterocycles. The van der Waals surface area contributed by atoms with E-state index < -0.39 is 0 Å². The second-order valence-electron chi connectivity index (χ2n) is 6.59. The minimum absolute atomic E-state index is 0.653. The Labute approximate surface area is 168 Å². The molecule has 0 saturated carbocycles. The summed E-state index contributed by atoms with van der Waals surface area (Å²) in [6.07, 6.45) is 1.70.